The van der Waals surface area contributed by atoms with Crippen LogP contribution in [0.25, 0.3) is 0 Å². The molecular weight excluding hydrogens is 196 g/mol. The van der Waals surface area contributed by atoms with Gasteiger partial charge >= 0.3 is 0 Å². The third-order valence-electron chi connectivity index (χ3n) is 4.60. The van der Waals surface area contributed by atoms with Gasteiger partial charge in [0.1, 0.15) is 0 Å². The highest BCUT2D eigenvalue weighted by Crippen LogP contribution is 2.44. The number of hydrogen-bond acceptors (Lipinski definition) is 1. The van der Waals surface area contributed by atoms with Crippen molar-refractivity contribution in [3.63, 3.8) is 0 Å². The maximum absolute atomic E-state index is 5.94. The van der Waals surface area contributed by atoms with Gasteiger partial charge in [-0.25, -0.2) is 0 Å². The average molecular weight is 224 g/mol. The van der Waals surface area contributed by atoms with Gasteiger partial charge in [0, 0.05) is 0 Å². The van der Waals surface area contributed by atoms with Crippen molar-refractivity contribution >= 4 is 0 Å². The zero-order chi connectivity index (χ0) is 11.8. The van der Waals surface area contributed by atoms with Crippen molar-refractivity contribution in [2.24, 2.45) is 17.3 Å². The van der Waals surface area contributed by atoms with Crippen molar-refractivity contribution in [2.75, 3.05) is 6.61 Å². The molecule has 2 rings (SSSR count). The summed E-state index contributed by atoms with van der Waals surface area (Å²) in [6, 6.07) is 0. The molecule has 0 N–H and O–H groups in total. The Labute approximate surface area is 101 Å². The molecule has 0 aromatic carbocycles. The fourth-order valence-corrected chi connectivity index (χ4v) is 3.49. The summed E-state index contributed by atoms with van der Waals surface area (Å²) < 4.78 is 5.94. The first-order valence-corrected chi connectivity index (χ1v) is 7.00. The third kappa shape index (κ3) is 3.23. The highest BCUT2D eigenvalue weighted by molar-refractivity contribution is 4.85. The van der Waals surface area contributed by atoms with Gasteiger partial charge in [-0.15, -0.1) is 0 Å². The highest BCUT2D eigenvalue weighted by atomic mass is 16.5. The Morgan fingerprint density at radius 3 is 2.19 bits per heavy atom. The van der Waals surface area contributed by atoms with E-state index in [4.69, 9.17) is 4.74 Å². The SMILES string of the molecule is CC1(C)CCC(CC2CCC(C)(C)OC2)C1. The molecule has 2 aliphatic rings. The lowest BCUT2D eigenvalue weighted by molar-refractivity contribution is -0.0804. The Morgan fingerprint density at radius 2 is 1.69 bits per heavy atom. The molecule has 0 aromatic rings. The first-order chi connectivity index (χ1) is 7.36. The normalized spacial score (nSPS) is 37.5. The van der Waals surface area contributed by atoms with Crippen LogP contribution in [-0.2, 0) is 4.74 Å². The van der Waals surface area contributed by atoms with Crippen molar-refractivity contribution < 1.29 is 4.74 Å². The minimum Gasteiger partial charge on any atom is -0.375 e. The van der Waals surface area contributed by atoms with Gasteiger partial charge in [-0.2, -0.15) is 0 Å². The standard InChI is InChI=1S/C15H28O/c1-14(2)7-5-12(10-14)9-13-6-8-15(3,4)16-11-13/h12-13H,5-11H2,1-4H3. The lowest BCUT2D eigenvalue weighted by Gasteiger charge is -2.35. The molecule has 1 nitrogen and oxygen atoms in total. The summed E-state index contributed by atoms with van der Waals surface area (Å²) in [5, 5.41) is 0. The zero-order valence-corrected chi connectivity index (χ0v) is 11.5. The minimum absolute atomic E-state index is 0.144. The molecule has 1 heterocycles. The molecule has 1 aliphatic carbocycles. The molecule has 16 heavy (non-hydrogen) atoms. The molecular formula is C15H28O. The van der Waals surface area contributed by atoms with Crippen molar-refractivity contribution in [1.82, 2.24) is 0 Å². The molecule has 1 aliphatic heterocycles. The van der Waals surface area contributed by atoms with Crippen molar-refractivity contribution in [2.45, 2.75) is 71.8 Å². The Hall–Kier alpha value is -0.0400. The third-order valence-corrected chi connectivity index (χ3v) is 4.60. The van der Waals surface area contributed by atoms with E-state index >= 15 is 0 Å². The van der Waals surface area contributed by atoms with Gasteiger partial charge < -0.3 is 4.74 Å². The van der Waals surface area contributed by atoms with E-state index in [1.54, 1.807) is 0 Å². The topological polar surface area (TPSA) is 9.23 Å². The molecule has 1 heteroatoms. The molecule has 0 radical (unpaired) electrons. The summed E-state index contributed by atoms with van der Waals surface area (Å²) in [5.41, 5.74) is 0.755. The Kier molecular flexibility index (Phi) is 3.36. The van der Waals surface area contributed by atoms with E-state index in [1.807, 2.05) is 0 Å². The van der Waals surface area contributed by atoms with Crippen LogP contribution in [0.3, 0.4) is 0 Å². The molecule has 0 amide bonds. The van der Waals surface area contributed by atoms with Crippen LogP contribution in [0, 0.1) is 17.3 Å². The molecule has 2 atom stereocenters. The Balaban J connectivity index is 1.76. The van der Waals surface area contributed by atoms with E-state index < -0.39 is 0 Å². The van der Waals surface area contributed by atoms with Crippen LogP contribution < -0.4 is 0 Å². The lowest BCUT2D eigenvalue weighted by atomic mass is 9.83. The van der Waals surface area contributed by atoms with E-state index in [2.05, 4.69) is 27.7 Å². The van der Waals surface area contributed by atoms with E-state index in [-0.39, 0.29) is 5.60 Å². The molecule has 0 spiro atoms. The van der Waals surface area contributed by atoms with Gasteiger partial charge in [0.15, 0.2) is 0 Å². The quantitative estimate of drug-likeness (QED) is 0.675. The summed E-state index contributed by atoms with van der Waals surface area (Å²) >= 11 is 0. The van der Waals surface area contributed by atoms with E-state index in [0.29, 0.717) is 5.41 Å². The number of ether oxygens (including phenoxy) is 1. The smallest absolute Gasteiger partial charge is 0.0626 e. The van der Waals surface area contributed by atoms with Gasteiger partial charge in [-0.3, -0.25) is 0 Å². The first kappa shape index (κ1) is 12.4. The fraction of sp³-hybridized carbons (Fsp3) is 1.00. The second-order valence-electron chi connectivity index (χ2n) is 7.48. The van der Waals surface area contributed by atoms with Crippen LogP contribution in [0.2, 0.25) is 0 Å². The van der Waals surface area contributed by atoms with Crippen LogP contribution in [-0.4, -0.2) is 12.2 Å². The molecule has 94 valence electrons. The molecule has 2 unspecified atom stereocenters. The predicted octanol–water partition coefficient (Wildman–Crippen LogP) is 4.41. The number of rotatable bonds is 2. The van der Waals surface area contributed by atoms with Gasteiger partial charge in [0.2, 0.25) is 0 Å². The van der Waals surface area contributed by atoms with Crippen LogP contribution in [0.15, 0.2) is 0 Å². The van der Waals surface area contributed by atoms with Crippen LogP contribution in [0.1, 0.15) is 66.2 Å². The van der Waals surface area contributed by atoms with Gasteiger partial charge in [-0.1, -0.05) is 13.8 Å². The molecule has 2 fully saturated rings. The molecule has 1 saturated heterocycles. The summed E-state index contributed by atoms with van der Waals surface area (Å²) in [5.74, 6) is 1.82. The number of hydrogen-bond donors (Lipinski definition) is 0. The maximum Gasteiger partial charge on any atom is 0.0626 e. The van der Waals surface area contributed by atoms with Gasteiger partial charge in [0.05, 0.1) is 12.2 Å². The van der Waals surface area contributed by atoms with Crippen LogP contribution in [0.5, 0.6) is 0 Å². The van der Waals surface area contributed by atoms with Crippen molar-refractivity contribution in [3.8, 4) is 0 Å². The van der Waals surface area contributed by atoms with Gasteiger partial charge in [0.25, 0.3) is 0 Å². The maximum atomic E-state index is 5.94. The Morgan fingerprint density at radius 1 is 1.00 bits per heavy atom. The summed E-state index contributed by atoms with van der Waals surface area (Å²) in [7, 11) is 0. The van der Waals surface area contributed by atoms with E-state index in [0.717, 1.165) is 18.4 Å². The van der Waals surface area contributed by atoms with Crippen molar-refractivity contribution in [1.29, 1.82) is 0 Å². The van der Waals surface area contributed by atoms with E-state index in [9.17, 15) is 0 Å². The Bertz CT molecular complexity index is 232. The molecule has 0 bridgehead atoms. The largest absolute Gasteiger partial charge is 0.375 e. The zero-order valence-electron chi connectivity index (χ0n) is 11.5. The predicted molar refractivity (Wildman–Crippen MR) is 68.5 cm³/mol. The lowest BCUT2D eigenvalue weighted by Crippen LogP contribution is -2.34. The molecule has 1 saturated carbocycles. The van der Waals surface area contributed by atoms with Gasteiger partial charge in [-0.05, 0) is 69.6 Å². The summed E-state index contributed by atoms with van der Waals surface area (Å²) in [4.78, 5) is 0. The van der Waals surface area contributed by atoms with Crippen molar-refractivity contribution in [3.05, 3.63) is 0 Å². The van der Waals surface area contributed by atoms with Crippen LogP contribution in [0.4, 0.5) is 0 Å². The first-order valence-electron chi connectivity index (χ1n) is 7.00. The second kappa shape index (κ2) is 4.33. The average Bonchev–Trinajstić information content (AvgIpc) is 2.50. The minimum atomic E-state index is 0.144. The van der Waals surface area contributed by atoms with E-state index in [1.165, 1.54) is 38.5 Å². The van der Waals surface area contributed by atoms with Crippen LogP contribution >= 0.6 is 0 Å². The second-order valence-corrected chi connectivity index (χ2v) is 7.48. The summed E-state index contributed by atoms with van der Waals surface area (Å²) in [6.07, 6.45) is 8.35. The fourth-order valence-electron chi connectivity index (χ4n) is 3.49. The molecule has 0 aromatic heterocycles. The monoisotopic (exact) mass is 224 g/mol. The summed E-state index contributed by atoms with van der Waals surface area (Å²) in [6.45, 7) is 10.3. The highest BCUT2D eigenvalue weighted by Gasteiger charge is 2.34.